The Balaban J connectivity index is 1.40. The maximum Gasteiger partial charge on any atom is 0.329 e. The van der Waals surface area contributed by atoms with Gasteiger partial charge in [0, 0.05) is 17.3 Å². The number of benzene rings is 2. The van der Waals surface area contributed by atoms with Gasteiger partial charge in [-0.3, -0.25) is 19.2 Å². The SMILES string of the molecule is Cc1ccc(NC(=O)C(=O)NCc2ccc(/C=N/NC(=O)C(=O)NCc3ccc(Cl)cc3)o2)cc1C. The third kappa shape index (κ3) is 7.81. The van der Waals surface area contributed by atoms with Crippen LogP contribution in [0.3, 0.4) is 0 Å². The van der Waals surface area contributed by atoms with Crippen LogP contribution in [-0.4, -0.2) is 29.8 Å². The van der Waals surface area contributed by atoms with Crippen LogP contribution < -0.4 is 21.4 Å². The van der Waals surface area contributed by atoms with Crippen molar-refractivity contribution < 1.29 is 23.6 Å². The van der Waals surface area contributed by atoms with E-state index in [4.69, 9.17) is 16.0 Å². The summed E-state index contributed by atoms with van der Waals surface area (Å²) in [5.74, 6) is -2.81. The van der Waals surface area contributed by atoms with Crippen molar-refractivity contribution in [2.24, 2.45) is 5.10 Å². The molecule has 0 aliphatic carbocycles. The summed E-state index contributed by atoms with van der Waals surface area (Å²) < 4.78 is 5.46. The van der Waals surface area contributed by atoms with E-state index in [1.807, 2.05) is 19.9 Å². The van der Waals surface area contributed by atoms with Crippen molar-refractivity contribution in [1.29, 1.82) is 0 Å². The van der Waals surface area contributed by atoms with Gasteiger partial charge in [-0.15, -0.1) is 0 Å². The normalized spacial score (nSPS) is 10.6. The van der Waals surface area contributed by atoms with Crippen LogP contribution in [-0.2, 0) is 32.3 Å². The van der Waals surface area contributed by atoms with E-state index in [1.54, 1.807) is 48.5 Å². The lowest BCUT2D eigenvalue weighted by Crippen LogP contribution is -2.37. The Morgan fingerprint density at radius 3 is 2.25 bits per heavy atom. The Kier molecular flexibility index (Phi) is 8.95. The van der Waals surface area contributed by atoms with Crippen LogP contribution in [0.15, 0.2) is 64.1 Å². The van der Waals surface area contributed by atoms with E-state index >= 15 is 0 Å². The highest BCUT2D eigenvalue weighted by molar-refractivity contribution is 6.39. The van der Waals surface area contributed by atoms with Gasteiger partial charge in [0.1, 0.15) is 11.5 Å². The molecule has 186 valence electrons. The van der Waals surface area contributed by atoms with E-state index in [0.717, 1.165) is 16.7 Å². The fraction of sp³-hybridized carbons (Fsp3) is 0.160. The third-order valence-electron chi connectivity index (χ3n) is 5.01. The lowest BCUT2D eigenvalue weighted by atomic mass is 10.1. The highest BCUT2D eigenvalue weighted by Gasteiger charge is 2.15. The molecule has 0 unspecified atom stereocenters. The van der Waals surface area contributed by atoms with Gasteiger partial charge in [-0.2, -0.15) is 5.10 Å². The second-order valence-electron chi connectivity index (χ2n) is 7.75. The lowest BCUT2D eigenvalue weighted by Gasteiger charge is -2.07. The summed E-state index contributed by atoms with van der Waals surface area (Å²) in [6.07, 6.45) is 1.20. The summed E-state index contributed by atoms with van der Waals surface area (Å²) in [5.41, 5.74) is 5.47. The van der Waals surface area contributed by atoms with E-state index in [9.17, 15) is 19.2 Å². The Labute approximate surface area is 212 Å². The van der Waals surface area contributed by atoms with Crippen molar-refractivity contribution in [2.45, 2.75) is 26.9 Å². The first-order valence-corrected chi connectivity index (χ1v) is 11.2. The van der Waals surface area contributed by atoms with Gasteiger partial charge in [0.2, 0.25) is 0 Å². The number of anilines is 1. The summed E-state index contributed by atoms with van der Waals surface area (Å²) in [5, 5.41) is 11.7. The number of nitrogens with one attached hydrogen (secondary N) is 4. The van der Waals surface area contributed by atoms with E-state index in [-0.39, 0.29) is 18.8 Å². The van der Waals surface area contributed by atoms with Crippen molar-refractivity contribution in [3.63, 3.8) is 0 Å². The molecule has 3 rings (SSSR count). The van der Waals surface area contributed by atoms with E-state index in [1.165, 1.54) is 6.21 Å². The van der Waals surface area contributed by atoms with Gasteiger partial charge in [-0.25, -0.2) is 5.43 Å². The van der Waals surface area contributed by atoms with Gasteiger partial charge < -0.3 is 20.4 Å². The number of carbonyl (C=O) groups is 4. The number of hydrogen-bond acceptors (Lipinski definition) is 6. The molecule has 2 aromatic carbocycles. The van der Waals surface area contributed by atoms with Gasteiger partial charge in [-0.05, 0) is 66.9 Å². The first kappa shape index (κ1) is 26.2. The Morgan fingerprint density at radius 1 is 0.833 bits per heavy atom. The monoisotopic (exact) mass is 509 g/mol. The molecule has 3 aromatic rings. The summed E-state index contributed by atoms with van der Waals surface area (Å²) in [6, 6.07) is 15.3. The molecule has 0 aliphatic rings. The molecule has 4 amide bonds. The number of aryl methyl sites for hydroxylation is 2. The minimum atomic E-state index is -0.950. The summed E-state index contributed by atoms with van der Waals surface area (Å²) in [6.45, 7) is 3.98. The second kappa shape index (κ2) is 12.3. The van der Waals surface area contributed by atoms with E-state index < -0.39 is 23.6 Å². The Bertz CT molecular complexity index is 1300. The first-order valence-electron chi connectivity index (χ1n) is 10.8. The van der Waals surface area contributed by atoms with Crippen molar-refractivity contribution in [1.82, 2.24) is 16.1 Å². The highest BCUT2D eigenvalue weighted by Crippen LogP contribution is 2.14. The molecule has 10 nitrogen and oxygen atoms in total. The molecule has 11 heteroatoms. The first-order chi connectivity index (χ1) is 17.2. The molecule has 0 saturated heterocycles. The predicted molar refractivity (Wildman–Crippen MR) is 134 cm³/mol. The number of hydrogen-bond donors (Lipinski definition) is 4. The van der Waals surface area contributed by atoms with Crippen LogP contribution >= 0.6 is 11.6 Å². The van der Waals surface area contributed by atoms with E-state index in [2.05, 4.69) is 26.5 Å². The average molecular weight is 510 g/mol. The average Bonchev–Trinajstić information content (AvgIpc) is 3.31. The van der Waals surface area contributed by atoms with Gasteiger partial charge in [0.25, 0.3) is 0 Å². The van der Waals surface area contributed by atoms with Crippen LogP contribution in [0.1, 0.15) is 28.2 Å². The number of rotatable bonds is 7. The highest BCUT2D eigenvalue weighted by atomic mass is 35.5. The summed E-state index contributed by atoms with van der Waals surface area (Å²) in [7, 11) is 0. The zero-order chi connectivity index (χ0) is 26.1. The molecular formula is C25H24ClN5O5. The number of amides is 4. The van der Waals surface area contributed by atoms with Gasteiger partial charge in [0.05, 0.1) is 12.8 Å². The quantitative estimate of drug-likeness (QED) is 0.220. The zero-order valence-corrected chi connectivity index (χ0v) is 20.3. The number of furan rings is 1. The summed E-state index contributed by atoms with van der Waals surface area (Å²) in [4.78, 5) is 47.9. The molecule has 0 atom stereocenters. The van der Waals surface area contributed by atoms with Crippen molar-refractivity contribution in [3.8, 4) is 0 Å². The van der Waals surface area contributed by atoms with Crippen molar-refractivity contribution in [2.75, 3.05) is 5.32 Å². The molecule has 1 heterocycles. The molecule has 0 spiro atoms. The minimum absolute atomic E-state index is 0.0352. The molecular weight excluding hydrogens is 486 g/mol. The number of halogens is 1. The third-order valence-corrected chi connectivity index (χ3v) is 5.26. The Morgan fingerprint density at radius 2 is 1.53 bits per heavy atom. The van der Waals surface area contributed by atoms with Crippen LogP contribution in [0, 0.1) is 13.8 Å². The molecule has 0 fully saturated rings. The Hall–Kier alpha value is -4.44. The van der Waals surface area contributed by atoms with Crippen LogP contribution in [0.4, 0.5) is 5.69 Å². The maximum absolute atomic E-state index is 12.1. The molecule has 0 bridgehead atoms. The molecule has 0 saturated carbocycles. The molecule has 0 aliphatic heterocycles. The van der Waals surface area contributed by atoms with Gasteiger partial charge in [0.15, 0.2) is 0 Å². The number of carbonyl (C=O) groups excluding carboxylic acids is 4. The second-order valence-corrected chi connectivity index (χ2v) is 8.18. The van der Waals surface area contributed by atoms with E-state index in [0.29, 0.717) is 16.5 Å². The smallest absolute Gasteiger partial charge is 0.329 e. The fourth-order valence-corrected chi connectivity index (χ4v) is 3.01. The fourth-order valence-electron chi connectivity index (χ4n) is 2.88. The van der Waals surface area contributed by atoms with Crippen LogP contribution in [0.25, 0.3) is 0 Å². The maximum atomic E-state index is 12.1. The number of hydrazone groups is 1. The van der Waals surface area contributed by atoms with Gasteiger partial charge >= 0.3 is 23.6 Å². The molecule has 0 radical (unpaired) electrons. The predicted octanol–water partition coefficient (Wildman–Crippen LogP) is 2.57. The zero-order valence-electron chi connectivity index (χ0n) is 19.6. The minimum Gasteiger partial charge on any atom is -0.458 e. The summed E-state index contributed by atoms with van der Waals surface area (Å²) >= 11 is 5.80. The standard InChI is InChI=1S/C25H24ClN5O5/c1-15-3-8-19(11-16(15)2)30-24(34)22(32)28-13-20-9-10-21(36-20)14-29-31-25(35)23(33)27-12-17-4-6-18(26)7-5-17/h3-11,14H,12-13H2,1-2H3,(H,27,33)(H,28,32)(H,30,34)(H,31,35)/b29-14+. The molecule has 4 N–H and O–H groups in total. The van der Waals surface area contributed by atoms with Crippen LogP contribution in [0.5, 0.6) is 0 Å². The van der Waals surface area contributed by atoms with Crippen molar-refractivity contribution in [3.05, 3.63) is 87.8 Å². The lowest BCUT2D eigenvalue weighted by molar-refractivity contribution is -0.139. The topological polar surface area (TPSA) is 142 Å². The number of nitrogens with zero attached hydrogens (tertiary/aromatic N) is 1. The molecule has 1 aromatic heterocycles. The van der Waals surface area contributed by atoms with Crippen LogP contribution in [0.2, 0.25) is 5.02 Å². The van der Waals surface area contributed by atoms with Gasteiger partial charge in [-0.1, -0.05) is 29.8 Å². The molecule has 36 heavy (non-hydrogen) atoms. The van der Waals surface area contributed by atoms with Crippen molar-refractivity contribution >= 4 is 47.1 Å². The largest absolute Gasteiger partial charge is 0.458 e.